The minimum Gasteiger partial charge on any atom is -0.367 e. The highest BCUT2D eigenvalue weighted by molar-refractivity contribution is 5.70. The molecule has 0 radical (unpaired) electrons. The lowest BCUT2D eigenvalue weighted by Crippen LogP contribution is -2.32. The monoisotopic (exact) mass is 234 g/mol. The number of hydrogen-bond donors (Lipinski definition) is 0. The van der Waals surface area contributed by atoms with Gasteiger partial charge in [-0.1, -0.05) is 13.8 Å². The molecule has 3 heteroatoms. The zero-order chi connectivity index (χ0) is 12.4. The maximum atomic E-state index is 12.8. The summed E-state index contributed by atoms with van der Waals surface area (Å²) in [5.41, 5.74) is 3.73. The molecule has 1 aromatic rings. The first-order chi connectivity index (χ1) is 8.13. The third kappa shape index (κ3) is 2.33. The molecule has 0 aliphatic carbocycles. The molecule has 2 rings (SSSR count). The van der Waals surface area contributed by atoms with E-state index in [9.17, 15) is 4.39 Å². The molecule has 2 heterocycles. The van der Waals surface area contributed by atoms with E-state index < -0.39 is 0 Å². The Morgan fingerprint density at radius 2 is 2.18 bits per heavy atom. The second-order valence-electron chi connectivity index (χ2n) is 4.95. The lowest BCUT2D eigenvalue weighted by Gasteiger charge is -2.33. The van der Waals surface area contributed by atoms with E-state index >= 15 is 0 Å². The van der Waals surface area contributed by atoms with Crippen molar-refractivity contribution in [3.05, 3.63) is 35.8 Å². The highest BCUT2D eigenvalue weighted by atomic mass is 19.1. The van der Waals surface area contributed by atoms with Gasteiger partial charge in [0.05, 0.1) is 6.04 Å². The Morgan fingerprint density at radius 3 is 2.82 bits per heavy atom. The predicted octanol–water partition coefficient (Wildman–Crippen LogP) is 3.25. The van der Waals surface area contributed by atoms with Crippen LogP contribution in [0, 0.1) is 5.92 Å². The summed E-state index contributed by atoms with van der Waals surface area (Å²) >= 11 is 0. The molecule has 1 aliphatic heterocycles. The highest BCUT2D eigenvalue weighted by Crippen LogP contribution is 2.31. The molecule has 0 fully saturated rings. The van der Waals surface area contributed by atoms with Crippen molar-refractivity contribution in [3.63, 3.8) is 0 Å². The summed E-state index contributed by atoms with van der Waals surface area (Å²) in [6.07, 6.45) is 5.82. The molecule has 92 valence electrons. The number of fused-ring (bicyclic) bond motifs is 1. The van der Waals surface area contributed by atoms with Crippen molar-refractivity contribution >= 4 is 5.57 Å². The largest absolute Gasteiger partial charge is 0.367 e. The normalized spacial score (nSPS) is 16.8. The van der Waals surface area contributed by atoms with Crippen LogP contribution < -0.4 is 0 Å². The molecule has 0 amide bonds. The van der Waals surface area contributed by atoms with E-state index in [-0.39, 0.29) is 12.7 Å². The molecule has 0 unspecified atom stereocenters. The zero-order valence-corrected chi connectivity index (χ0v) is 10.7. The molecule has 0 saturated carbocycles. The van der Waals surface area contributed by atoms with E-state index in [1.807, 2.05) is 19.3 Å². The van der Waals surface area contributed by atoms with E-state index in [4.69, 9.17) is 0 Å². The third-order valence-corrected chi connectivity index (χ3v) is 3.28. The molecule has 0 saturated heterocycles. The molecule has 17 heavy (non-hydrogen) atoms. The van der Waals surface area contributed by atoms with Gasteiger partial charge in [0.1, 0.15) is 6.67 Å². The summed E-state index contributed by atoms with van der Waals surface area (Å²) in [6, 6.07) is 1.98. The molecular weight excluding hydrogens is 215 g/mol. The van der Waals surface area contributed by atoms with Gasteiger partial charge in [-0.3, -0.25) is 4.98 Å². The van der Waals surface area contributed by atoms with Crippen molar-refractivity contribution in [2.24, 2.45) is 5.92 Å². The number of pyridine rings is 1. The van der Waals surface area contributed by atoms with Crippen LogP contribution in [-0.2, 0) is 6.54 Å². The van der Waals surface area contributed by atoms with Crippen LogP contribution in [0.2, 0.25) is 0 Å². The summed E-state index contributed by atoms with van der Waals surface area (Å²) in [4.78, 5) is 6.23. The van der Waals surface area contributed by atoms with Crippen LogP contribution in [-0.4, -0.2) is 22.6 Å². The SMILES string of the molecule is CC(C)C1=CN([C@H](C)CF)Cc2cnccc21. The van der Waals surface area contributed by atoms with Gasteiger partial charge in [-0.25, -0.2) is 4.39 Å². The lowest BCUT2D eigenvalue weighted by atomic mass is 9.90. The number of allylic oxidation sites excluding steroid dienone is 1. The Balaban J connectivity index is 2.40. The van der Waals surface area contributed by atoms with Crippen molar-refractivity contribution < 1.29 is 4.39 Å². The van der Waals surface area contributed by atoms with Crippen molar-refractivity contribution in [3.8, 4) is 0 Å². The van der Waals surface area contributed by atoms with Crippen LogP contribution in [0.4, 0.5) is 4.39 Å². The van der Waals surface area contributed by atoms with Gasteiger partial charge in [0, 0.05) is 25.1 Å². The van der Waals surface area contributed by atoms with E-state index in [0.29, 0.717) is 5.92 Å². The van der Waals surface area contributed by atoms with Gasteiger partial charge in [-0.05, 0) is 35.6 Å². The highest BCUT2D eigenvalue weighted by Gasteiger charge is 2.21. The van der Waals surface area contributed by atoms with E-state index in [1.54, 1.807) is 0 Å². The average Bonchev–Trinajstić information content (AvgIpc) is 2.36. The van der Waals surface area contributed by atoms with Gasteiger partial charge in [-0.2, -0.15) is 0 Å². The summed E-state index contributed by atoms with van der Waals surface area (Å²) in [5.74, 6) is 0.436. The van der Waals surface area contributed by atoms with Gasteiger partial charge in [-0.15, -0.1) is 0 Å². The van der Waals surface area contributed by atoms with Crippen LogP contribution in [0.5, 0.6) is 0 Å². The number of aromatic nitrogens is 1. The summed E-state index contributed by atoms with van der Waals surface area (Å²) in [7, 11) is 0. The summed E-state index contributed by atoms with van der Waals surface area (Å²) in [6.45, 7) is 6.68. The molecule has 2 nitrogen and oxygen atoms in total. The summed E-state index contributed by atoms with van der Waals surface area (Å²) < 4.78 is 12.8. The second kappa shape index (κ2) is 4.86. The van der Waals surface area contributed by atoms with Gasteiger partial charge in [0.15, 0.2) is 0 Å². The van der Waals surface area contributed by atoms with E-state index in [1.165, 1.54) is 16.7 Å². The smallest absolute Gasteiger partial charge is 0.109 e. The number of hydrogen-bond acceptors (Lipinski definition) is 2. The Morgan fingerprint density at radius 1 is 1.41 bits per heavy atom. The third-order valence-electron chi connectivity index (χ3n) is 3.28. The van der Waals surface area contributed by atoms with Crippen LogP contribution in [0.15, 0.2) is 24.7 Å². The first kappa shape index (κ1) is 12.1. The van der Waals surface area contributed by atoms with Crippen molar-refractivity contribution in [1.29, 1.82) is 0 Å². The second-order valence-corrected chi connectivity index (χ2v) is 4.95. The van der Waals surface area contributed by atoms with Crippen molar-refractivity contribution in [2.75, 3.05) is 6.67 Å². The van der Waals surface area contributed by atoms with Crippen LogP contribution in [0.1, 0.15) is 31.9 Å². The fraction of sp³-hybridized carbons (Fsp3) is 0.500. The van der Waals surface area contributed by atoms with Gasteiger partial charge in [0.25, 0.3) is 0 Å². The Labute approximate surface area is 102 Å². The number of alkyl halides is 1. The molecule has 0 N–H and O–H groups in total. The molecule has 0 aromatic carbocycles. The Bertz CT molecular complexity index is 426. The van der Waals surface area contributed by atoms with Crippen LogP contribution >= 0.6 is 0 Å². The van der Waals surface area contributed by atoms with E-state index in [0.717, 1.165) is 6.54 Å². The molecule has 0 bridgehead atoms. The van der Waals surface area contributed by atoms with Crippen molar-refractivity contribution in [2.45, 2.75) is 33.4 Å². The minimum atomic E-state index is -0.322. The lowest BCUT2D eigenvalue weighted by molar-refractivity contribution is 0.233. The maximum Gasteiger partial charge on any atom is 0.109 e. The number of rotatable bonds is 3. The maximum absolute atomic E-state index is 12.8. The van der Waals surface area contributed by atoms with Gasteiger partial charge in [0.2, 0.25) is 0 Å². The summed E-state index contributed by atoms with van der Waals surface area (Å²) in [5, 5.41) is 0. The minimum absolute atomic E-state index is 0.0721. The average molecular weight is 234 g/mol. The molecule has 1 atom stereocenters. The quantitative estimate of drug-likeness (QED) is 0.798. The topological polar surface area (TPSA) is 16.1 Å². The number of nitrogens with zero attached hydrogens (tertiary/aromatic N) is 2. The standard InChI is InChI=1S/C14H19FN2/c1-10(2)14-9-17(11(3)6-15)8-12-7-16-5-4-13(12)14/h4-5,7,9-11H,6,8H2,1-3H3/t11-/m1/s1. The first-order valence-electron chi connectivity index (χ1n) is 6.10. The fourth-order valence-corrected chi connectivity index (χ4v) is 2.16. The number of halogens is 1. The Hall–Kier alpha value is -1.38. The molecule has 1 aromatic heterocycles. The molecule has 1 aliphatic rings. The zero-order valence-electron chi connectivity index (χ0n) is 10.7. The Kier molecular flexibility index (Phi) is 3.46. The first-order valence-corrected chi connectivity index (χ1v) is 6.10. The molecular formula is C14H19FN2. The molecule has 0 spiro atoms. The fourth-order valence-electron chi connectivity index (χ4n) is 2.16. The van der Waals surface area contributed by atoms with Gasteiger partial charge >= 0.3 is 0 Å². The predicted molar refractivity (Wildman–Crippen MR) is 68.0 cm³/mol. The van der Waals surface area contributed by atoms with Crippen LogP contribution in [0.3, 0.4) is 0 Å². The van der Waals surface area contributed by atoms with Crippen molar-refractivity contribution in [1.82, 2.24) is 9.88 Å². The van der Waals surface area contributed by atoms with Gasteiger partial charge < -0.3 is 4.90 Å². The van der Waals surface area contributed by atoms with Crippen LogP contribution in [0.25, 0.3) is 5.57 Å². The van der Waals surface area contributed by atoms with E-state index in [2.05, 4.69) is 36.0 Å².